The van der Waals surface area contributed by atoms with Gasteiger partial charge >= 0.3 is 6.03 Å². The molecule has 2 aromatic rings. The molecular formula is C20H25F2N5O2S. The number of aromatic nitrogens is 2. The van der Waals surface area contributed by atoms with Crippen LogP contribution < -0.4 is 10.2 Å². The average molecular weight is 438 g/mol. The van der Waals surface area contributed by atoms with Gasteiger partial charge in [-0.05, 0) is 38.0 Å². The van der Waals surface area contributed by atoms with Crippen LogP contribution in [0, 0.1) is 18.6 Å². The third-order valence-corrected chi connectivity index (χ3v) is 5.64. The molecular weight excluding hydrogens is 412 g/mol. The van der Waals surface area contributed by atoms with Crippen LogP contribution >= 0.6 is 11.5 Å². The highest BCUT2D eigenvalue weighted by atomic mass is 32.1. The molecule has 0 atom stereocenters. The van der Waals surface area contributed by atoms with Crippen LogP contribution in [-0.2, 0) is 4.74 Å². The van der Waals surface area contributed by atoms with Gasteiger partial charge in [-0.3, -0.25) is 5.32 Å². The van der Waals surface area contributed by atoms with Crippen LogP contribution in [0.4, 0.5) is 24.4 Å². The van der Waals surface area contributed by atoms with Crippen molar-refractivity contribution in [3.05, 3.63) is 40.7 Å². The third kappa shape index (κ3) is 5.51. The summed E-state index contributed by atoms with van der Waals surface area (Å²) in [6.07, 6.45) is 2.67. The summed E-state index contributed by atoms with van der Waals surface area (Å²) in [4.78, 5) is 19.8. The van der Waals surface area contributed by atoms with E-state index in [2.05, 4.69) is 14.7 Å². The summed E-state index contributed by atoms with van der Waals surface area (Å²) in [5.74, 6) is -0.596. The molecule has 3 rings (SSSR count). The molecule has 2 amide bonds. The Bertz CT molecular complexity index is 901. The molecule has 1 aromatic carbocycles. The molecule has 1 aromatic heterocycles. The molecule has 30 heavy (non-hydrogen) atoms. The van der Waals surface area contributed by atoms with Gasteiger partial charge in [-0.15, -0.1) is 0 Å². The van der Waals surface area contributed by atoms with E-state index in [0.717, 1.165) is 17.1 Å². The second kappa shape index (κ2) is 9.94. The number of ether oxygens (including phenoxy) is 1. The summed E-state index contributed by atoms with van der Waals surface area (Å²) >= 11 is 1.13. The minimum absolute atomic E-state index is 0.0453. The van der Waals surface area contributed by atoms with Crippen LogP contribution in [0.15, 0.2) is 17.7 Å². The van der Waals surface area contributed by atoms with E-state index in [1.807, 2.05) is 0 Å². The van der Waals surface area contributed by atoms with Crippen molar-refractivity contribution >= 4 is 34.5 Å². The van der Waals surface area contributed by atoms with Crippen molar-refractivity contribution in [3.63, 3.8) is 0 Å². The average Bonchev–Trinajstić information content (AvgIpc) is 3.13. The van der Waals surface area contributed by atoms with Gasteiger partial charge in [0.2, 0.25) is 5.13 Å². The number of likely N-dealkylation sites (tertiary alicyclic amines) is 1. The van der Waals surface area contributed by atoms with E-state index in [1.54, 1.807) is 37.0 Å². The van der Waals surface area contributed by atoms with Crippen molar-refractivity contribution < 1.29 is 18.3 Å². The Morgan fingerprint density at radius 1 is 1.33 bits per heavy atom. The second-order valence-electron chi connectivity index (χ2n) is 7.10. The molecule has 1 aliphatic rings. The Balaban J connectivity index is 1.62. The maximum absolute atomic E-state index is 14.6. The minimum Gasteiger partial charge on any atom is -0.383 e. The summed E-state index contributed by atoms with van der Waals surface area (Å²) in [7, 11) is 3.34. The molecule has 1 aliphatic heterocycles. The molecule has 0 saturated carbocycles. The van der Waals surface area contributed by atoms with E-state index in [0.29, 0.717) is 55.7 Å². The first kappa shape index (κ1) is 22.1. The molecule has 0 radical (unpaired) electrons. The van der Waals surface area contributed by atoms with Gasteiger partial charge in [-0.1, -0.05) is 5.57 Å². The van der Waals surface area contributed by atoms with Crippen LogP contribution in [0.3, 0.4) is 0 Å². The lowest BCUT2D eigenvalue weighted by molar-refractivity contribution is 0.206. The van der Waals surface area contributed by atoms with Crippen molar-refractivity contribution in [2.24, 2.45) is 0 Å². The smallest absolute Gasteiger partial charge is 0.323 e. The van der Waals surface area contributed by atoms with Gasteiger partial charge in [-0.25, -0.2) is 18.6 Å². The number of piperidine rings is 1. The summed E-state index contributed by atoms with van der Waals surface area (Å²) in [5, 5.41) is 3.18. The molecule has 1 N–H and O–H groups in total. The number of likely N-dealkylation sites (N-methyl/N-ethyl adjacent to an activating group) is 1. The number of hydrogen-bond donors (Lipinski definition) is 1. The van der Waals surface area contributed by atoms with Gasteiger partial charge in [0.15, 0.2) is 0 Å². The lowest BCUT2D eigenvalue weighted by atomic mass is 10.0. The van der Waals surface area contributed by atoms with E-state index >= 15 is 0 Å². The normalized spacial score (nSPS) is 14.0. The quantitative estimate of drug-likeness (QED) is 0.742. The van der Waals surface area contributed by atoms with E-state index in [1.165, 1.54) is 12.1 Å². The van der Waals surface area contributed by atoms with Crippen molar-refractivity contribution in [1.29, 1.82) is 0 Å². The topological polar surface area (TPSA) is 70.6 Å². The van der Waals surface area contributed by atoms with Crippen LogP contribution in [0.25, 0.3) is 6.08 Å². The van der Waals surface area contributed by atoms with Crippen molar-refractivity contribution in [3.8, 4) is 0 Å². The molecule has 2 heterocycles. The SMILES string of the molecule is COCCN(C)c1cc(F)c(C=C2CCN(C(=O)Nc3nc(C)ns3)CC2)c(F)c1. The highest BCUT2D eigenvalue weighted by Crippen LogP contribution is 2.26. The number of benzene rings is 1. The van der Waals surface area contributed by atoms with Gasteiger partial charge in [-0.2, -0.15) is 4.37 Å². The number of anilines is 2. The van der Waals surface area contributed by atoms with Crippen molar-refractivity contribution in [1.82, 2.24) is 14.3 Å². The maximum atomic E-state index is 14.6. The van der Waals surface area contributed by atoms with Gasteiger partial charge in [0.05, 0.1) is 6.61 Å². The Labute approximate surface area is 178 Å². The predicted octanol–water partition coefficient (Wildman–Crippen LogP) is 3.92. The molecule has 0 unspecified atom stereocenters. The summed E-state index contributed by atoms with van der Waals surface area (Å²) in [6, 6.07) is 2.42. The Kier molecular flexibility index (Phi) is 7.33. The molecule has 1 fully saturated rings. The molecule has 10 heteroatoms. The van der Waals surface area contributed by atoms with Crippen molar-refractivity contribution in [2.45, 2.75) is 19.8 Å². The lowest BCUT2D eigenvalue weighted by Crippen LogP contribution is -2.39. The lowest BCUT2D eigenvalue weighted by Gasteiger charge is -2.28. The first-order valence-corrected chi connectivity index (χ1v) is 10.4. The number of hydrogen-bond acceptors (Lipinski definition) is 6. The van der Waals surface area contributed by atoms with E-state index in [-0.39, 0.29) is 11.6 Å². The Morgan fingerprint density at radius 2 is 2.00 bits per heavy atom. The number of aryl methyl sites for hydroxylation is 1. The monoisotopic (exact) mass is 437 g/mol. The zero-order valence-corrected chi connectivity index (χ0v) is 18.1. The highest BCUT2D eigenvalue weighted by molar-refractivity contribution is 7.09. The summed E-state index contributed by atoms with van der Waals surface area (Å²) in [5.41, 5.74) is 1.32. The number of nitrogens with one attached hydrogen (secondary N) is 1. The minimum atomic E-state index is -0.603. The number of carbonyl (C=O) groups excluding carboxylic acids is 1. The largest absolute Gasteiger partial charge is 0.383 e. The van der Waals surface area contributed by atoms with Crippen LogP contribution in [0.1, 0.15) is 24.2 Å². The van der Waals surface area contributed by atoms with Gasteiger partial charge < -0.3 is 14.5 Å². The van der Waals surface area contributed by atoms with Gasteiger partial charge in [0.1, 0.15) is 17.5 Å². The van der Waals surface area contributed by atoms with Crippen LogP contribution in [0.5, 0.6) is 0 Å². The molecule has 7 nitrogen and oxygen atoms in total. The van der Waals surface area contributed by atoms with E-state index < -0.39 is 11.6 Å². The number of urea groups is 1. The predicted molar refractivity (Wildman–Crippen MR) is 114 cm³/mol. The number of methoxy groups -OCH3 is 1. The highest BCUT2D eigenvalue weighted by Gasteiger charge is 2.21. The first-order chi connectivity index (χ1) is 14.4. The third-order valence-electron chi connectivity index (χ3n) is 4.92. The fourth-order valence-corrected chi connectivity index (χ4v) is 3.72. The van der Waals surface area contributed by atoms with Crippen molar-refractivity contribution in [2.75, 3.05) is 50.6 Å². The molecule has 1 saturated heterocycles. The number of carbonyl (C=O) groups is 1. The fourth-order valence-electron chi connectivity index (χ4n) is 3.15. The first-order valence-electron chi connectivity index (χ1n) is 9.62. The zero-order chi connectivity index (χ0) is 21.7. The number of amides is 2. The van der Waals surface area contributed by atoms with Gasteiger partial charge in [0.25, 0.3) is 0 Å². The fraction of sp³-hybridized carbons (Fsp3) is 0.450. The number of nitrogens with zero attached hydrogens (tertiary/aromatic N) is 4. The van der Waals surface area contributed by atoms with E-state index in [4.69, 9.17) is 4.74 Å². The molecule has 0 spiro atoms. The van der Waals surface area contributed by atoms with Crippen LogP contribution in [0.2, 0.25) is 0 Å². The second-order valence-corrected chi connectivity index (χ2v) is 7.86. The van der Waals surface area contributed by atoms with E-state index in [9.17, 15) is 13.6 Å². The number of halogens is 2. The van der Waals surface area contributed by atoms with Crippen LogP contribution in [-0.4, -0.2) is 60.7 Å². The Hall–Kier alpha value is -2.59. The standard InChI is InChI=1S/C20H25F2N5O2S/c1-13-23-19(30-25-13)24-20(28)27-6-4-14(5-7-27)10-16-17(21)11-15(12-18(16)22)26(2)8-9-29-3/h10-12H,4-9H2,1-3H3,(H,23,24,25,28). The summed E-state index contributed by atoms with van der Waals surface area (Å²) in [6.45, 7) is 3.69. The van der Waals surface area contributed by atoms with Gasteiger partial charge in [0, 0.05) is 56.6 Å². The molecule has 0 bridgehead atoms. The molecule has 0 aliphatic carbocycles. The molecule has 162 valence electrons. The zero-order valence-electron chi connectivity index (χ0n) is 17.2. The number of rotatable bonds is 6. The maximum Gasteiger partial charge on any atom is 0.323 e. The Morgan fingerprint density at radius 3 is 2.57 bits per heavy atom. The summed E-state index contributed by atoms with van der Waals surface area (Å²) < 4.78 is 38.2.